The van der Waals surface area contributed by atoms with E-state index in [0.29, 0.717) is 15.7 Å². The Balaban J connectivity index is 2.06. The Kier molecular flexibility index (Phi) is 5.50. The van der Waals surface area contributed by atoms with Crippen LogP contribution >= 0.6 is 11.6 Å². The minimum absolute atomic E-state index is 0.0943. The zero-order valence-corrected chi connectivity index (χ0v) is 16.6. The molecule has 0 unspecified atom stereocenters. The van der Waals surface area contributed by atoms with Crippen molar-refractivity contribution in [2.45, 2.75) is 38.2 Å². The predicted molar refractivity (Wildman–Crippen MR) is 111 cm³/mol. The maximum absolute atomic E-state index is 5.86. The molecule has 0 N–H and O–H groups in total. The highest BCUT2D eigenvalue weighted by molar-refractivity contribution is 7.96. The molecular formula is C20H23ClN3S+. The molecular weight excluding hydrogens is 350 g/mol. The Labute approximate surface area is 157 Å². The molecule has 3 nitrogen and oxygen atoms in total. The van der Waals surface area contributed by atoms with E-state index in [9.17, 15) is 0 Å². The van der Waals surface area contributed by atoms with Gasteiger partial charge in [-0.15, -0.1) is 3.97 Å². The summed E-state index contributed by atoms with van der Waals surface area (Å²) in [5, 5.41) is 2.82. The highest BCUT2D eigenvalue weighted by Crippen LogP contribution is 2.27. The maximum atomic E-state index is 5.86. The molecule has 0 radical (unpaired) electrons. The summed E-state index contributed by atoms with van der Waals surface area (Å²) < 4.78 is 2.37. The van der Waals surface area contributed by atoms with E-state index in [4.69, 9.17) is 11.6 Å². The zero-order valence-electron chi connectivity index (χ0n) is 15.0. The highest BCUT2D eigenvalue weighted by atomic mass is 35.5. The molecule has 0 amide bonds. The van der Waals surface area contributed by atoms with Crippen LogP contribution < -0.4 is 0 Å². The van der Waals surface area contributed by atoms with Crippen molar-refractivity contribution in [3.63, 3.8) is 0 Å². The summed E-state index contributed by atoms with van der Waals surface area (Å²) in [6, 6.07) is 7.91. The largest absolute Gasteiger partial charge is 0.244 e. The van der Waals surface area contributed by atoms with Gasteiger partial charge in [0.15, 0.2) is 5.65 Å². The number of aromatic nitrogens is 3. The van der Waals surface area contributed by atoms with Gasteiger partial charge in [-0.1, -0.05) is 29.8 Å². The molecule has 0 fully saturated rings. The molecule has 3 aromatic heterocycles. The smallest absolute Gasteiger partial charge is 0.186 e. The standard InChI is InChI=1S/C20H23ClN3S/c1-14(2)25(15(3)4)24-13-17(18-6-5-11-22-20(18)24)9-7-16-8-10-19(21)23-12-16/h5-15H,1-4H3/q+1/b9-7-. The van der Waals surface area contributed by atoms with Crippen LogP contribution in [0.3, 0.4) is 0 Å². The number of nitrogens with zero attached hydrogens (tertiary/aromatic N) is 3. The number of hydrogen-bond acceptors (Lipinski definition) is 2. The first kappa shape index (κ1) is 18.0. The fraction of sp³-hybridized carbons (Fsp3) is 0.300. The lowest BCUT2D eigenvalue weighted by Gasteiger charge is -2.15. The molecule has 0 aliphatic carbocycles. The van der Waals surface area contributed by atoms with Gasteiger partial charge in [0.2, 0.25) is 0 Å². The van der Waals surface area contributed by atoms with Crippen LogP contribution in [0.1, 0.15) is 38.8 Å². The summed E-state index contributed by atoms with van der Waals surface area (Å²) in [6.07, 6.45) is 10.1. The van der Waals surface area contributed by atoms with Gasteiger partial charge in [0.25, 0.3) is 0 Å². The van der Waals surface area contributed by atoms with Gasteiger partial charge in [0.05, 0.1) is 6.20 Å². The molecule has 0 aliphatic heterocycles. The van der Waals surface area contributed by atoms with Gasteiger partial charge in [-0.2, -0.15) is 0 Å². The first-order valence-electron chi connectivity index (χ1n) is 8.45. The van der Waals surface area contributed by atoms with E-state index in [1.54, 1.807) is 12.3 Å². The van der Waals surface area contributed by atoms with Gasteiger partial charge in [-0.05, 0) is 51.5 Å². The normalized spacial score (nSPS) is 12.3. The summed E-state index contributed by atoms with van der Waals surface area (Å²) in [5.41, 5.74) is 3.26. The van der Waals surface area contributed by atoms with E-state index >= 15 is 0 Å². The summed E-state index contributed by atoms with van der Waals surface area (Å²) in [6.45, 7) is 9.14. The third kappa shape index (κ3) is 3.91. The molecule has 0 saturated heterocycles. The lowest BCUT2D eigenvalue weighted by Crippen LogP contribution is -2.30. The third-order valence-corrected chi connectivity index (χ3v) is 6.85. The predicted octanol–water partition coefficient (Wildman–Crippen LogP) is 5.45. The molecule has 5 heteroatoms. The van der Waals surface area contributed by atoms with Crippen LogP contribution in [0.25, 0.3) is 23.2 Å². The molecule has 0 atom stereocenters. The minimum Gasteiger partial charge on any atom is -0.244 e. The first-order valence-corrected chi connectivity index (χ1v) is 10.1. The number of fused-ring (bicyclic) bond motifs is 1. The maximum Gasteiger partial charge on any atom is 0.186 e. The Morgan fingerprint density at radius 1 is 1.04 bits per heavy atom. The third-order valence-electron chi connectivity index (χ3n) is 3.96. The van der Waals surface area contributed by atoms with Crippen LogP contribution in [-0.4, -0.2) is 24.4 Å². The second kappa shape index (κ2) is 7.63. The van der Waals surface area contributed by atoms with E-state index in [-0.39, 0.29) is 11.1 Å². The van der Waals surface area contributed by atoms with Crippen molar-refractivity contribution in [2.24, 2.45) is 0 Å². The van der Waals surface area contributed by atoms with Gasteiger partial charge in [-0.3, -0.25) is 0 Å². The fourth-order valence-corrected chi connectivity index (χ4v) is 5.71. The number of halogens is 1. The molecule has 25 heavy (non-hydrogen) atoms. The summed E-state index contributed by atoms with van der Waals surface area (Å²) >= 11 is 5.95. The van der Waals surface area contributed by atoms with E-state index in [1.165, 1.54) is 10.9 Å². The summed E-state index contributed by atoms with van der Waals surface area (Å²) in [4.78, 5) is 8.79. The van der Waals surface area contributed by atoms with Crippen LogP contribution in [0.15, 0.2) is 42.9 Å². The molecule has 0 bridgehead atoms. The van der Waals surface area contributed by atoms with Crippen molar-refractivity contribution in [2.75, 3.05) is 0 Å². The van der Waals surface area contributed by atoms with Crippen molar-refractivity contribution in [3.05, 3.63) is 59.1 Å². The Morgan fingerprint density at radius 2 is 1.80 bits per heavy atom. The lowest BCUT2D eigenvalue weighted by molar-refractivity contribution is 0.991. The molecule has 0 aromatic carbocycles. The number of pyridine rings is 2. The van der Waals surface area contributed by atoms with E-state index in [1.807, 2.05) is 18.3 Å². The lowest BCUT2D eigenvalue weighted by atomic mass is 10.2. The van der Waals surface area contributed by atoms with Crippen molar-refractivity contribution in [1.82, 2.24) is 13.9 Å². The SMILES string of the molecule is CC(C)[S+](C(C)C)n1cc(/C=C\c2ccc(Cl)nc2)c2cccnc21. The van der Waals surface area contributed by atoms with E-state index in [2.05, 4.69) is 66.1 Å². The van der Waals surface area contributed by atoms with Crippen molar-refractivity contribution in [1.29, 1.82) is 0 Å². The summed E-state index contributed by atoms with van der Waals surface area (Å²) in [7, 11) is 0. The highest BCUT2D eigenvalue weighted by Gasteiger charge is 2.32. The molecule has 130 valence electrons. The molecule has 3 rings (SSSR count). The van der Waals surface area contributed by atoms with E-state index in [0.717, 1.165) is 11.2 Å². The van der Waals surface area contributed by atoms with Crippen molar-refractivity contribution >= 4 is 45.9 Å². The van der Waals surface area contributed by atoms with Crippen molar-refractivity contribution in [3.8, 4) is 0 Å². The zero-order chi connectivity index (χ0) is 18.0. The average molecular weight is 373 g/mol. The van der Waals surface area contributed by atoms with Crippen LogP contribution in [0.4, 0.5) is 0 Å². The molecule has 3 heterocycles. The van der Waals surface area contributed by atoms with Gasteiger partial charge in [-0.25, -0.2) is 9.97 Å². The molecule has 0 saturated carbocycles. The Hall–Kier alpha value is -1.78. The number of hydrogen-bond donors (Lipinski definition) is 0. The van der Waals surface area contributed by atoms with Crippen LogP contribution in [-0.2, 0) is 11.1 Å². The average Bonchev–Trinajstić information content (AvgIpc) is 2.93. The first-order chi connectivity index (χ1) is 12.0. The van der Waals surface area contributed by atoms with Crippen LogP contribution in [0, 0.1) is 0 Å². The fourth-order valence-electron chi connectivity index (χ4n) is 3.02. The van der Waals surface area contributed by atoms with Crippen LogP contribution in [0.2, 0.25) is 5.15 Å². The van der Waals surface area contributed by atoms with Gasteiger partial charge >= 0.3 is 0 Å². The topological polar surface area (TPSA) is 30.7 Å². The Bertz CT molecular complexity index is 874. The second-order valence-corrected chi connectivity index (χ2v) is 9.84. The monoisotopic (exact) mass is 372 g/mol. The molecule has 3 aromatic rings. The Morgan fingerprint density at radius 3 is 2.44 bits per heavy atom. The van der Waals surface area contributed by atoms with E-state index < -0.39 is 0 Å². The number of rotatable bonds is 5. The minimum atomic E-state index is 0.0943. The second-order valence-electron chi connectivity index (χ2n) is 6.48. The molecule has 0 spiro atoms. The van der Waals surface area contributed by atoms with Gasteiger partial charge in [0.1, 0.15) is 26.7 Å². The quantitative estimate of drug-likeness (QED) is 0.440. The van der Waals surface area contributed by atoms with Gasteiger partial charge < -0.3 is 0 Å². The molecule has 0 aliphatic rings. The van der Waals surface area contributed by atoms with Crippen molar-refractivity contribution < 1.29 is 0 Å². The van der Waals surface area contributed by atoms with Gasteiger partial charge in [0, 0.05) is 23.3 Å². The summed E-state index contributed by atoms with van der Waals surface area (Å²) in [5.74, 6) is 0. The van der Waals surface area contributed by atoms with Crippen LogP contribution in [0.5, 0.6) is 0 Å².